The summed E-state index contributed by atoms with van der Waals surface area (Å²) in [6.07, 6.45) is 0. The number of hydrogen-bond donors (Lipinski definition) is 0. The van der Waals surface area contributed by atoms with E-state index < -0.39 is 14.9 Å². The summed E-state index contributed by atoms with van der Waals surface area (Å²) >= 11 is 1.52. The van der Waals surface area contributed by atoms with Crippen LogP contribution in [0.5, 0.6) is 0 Å². The molecule has 0 bridgehead atoms. The molecule has 0 amide bonds. The molecular formula is C15H14N2O4S2. The number of rotatable bonds is 4. The Morgan fingerprint density at radius 2 is 1.74 bits per heavy atom. The predicted molar refractivity (Wildman–Crippen MR) is 88.6 cm³/mol. The van der Waals surface area contributed by atoms with Crippen LogP contribution in [-0.2, 0) is 10.0 Å². The Bertz CT molecular complexity index is 807. The number of hydrogen-bond acceptors (Lipinski definition) is 5. The molecule has 0 aliphatic carbocycles. The van der Waals surface area contributed by atoms with E-state index in [0.717, 1.165) is 5.56 Å². The first kappa shape index (κ1) is 16.0. The highest BCUT2D eigenvalue weighted by molar-refractivity contribution is 8.01. The number of nitrogens with zero attached hydrogens (tertiary/aromatic N) is 2. The van der Waals surface area contributed by atoms with E-state index in [1.807, 2.05) is 0 Å². The minimum Gasteiger partial charge on any atom is -0.258 e. The monoisotopic (exact) mass is 350 g/mol. The van der Waals surface area contributed by atoms with Crippen LogP contribution in [0.1, 0.15) is 10.9 Å². The normalized spacial score (nSPS) is 18.9. The van der Waals surface area contributed by atoms with Gasteiger partial charge in [0.1, 0.15) is 0 Å². The van der Waals surface area contributed by atoms with Crippen molar-refractivity contribution in [1.29, 1.82) is 0 Å². The SMILES string of the molecule is O=[N+]([O-])c1ccc([C@H]2SCCN2S(=O)(=O)c2ccccc2)cc1. The smallest absolute Gasteiger partial charge is 0.258 e. The molecule has 1 heterocycles. The molecule has 0 saturated carbocycles. The zero-order valence-electron chi connectivity index (χ0n) is 12.0. The Balaban J connectivity index is 1.93. The highest BCUT2D eigenvalue weighted by atomic mass is 32.2. The van der Waals surface area contributed by atoms with E-state index in [1.54, 1.807) is 42.5 Å². The third-order valence-electron chi connectivity index (χ3n) is 3.59. The summed E-state index contributed by atoms with van der Waals surface area (Å²) in [4.78, 5) is 10.5. The Morgan fingerprint density at radius 3 is 2.35 bits per heavy atom. The molecule has 0 spiro atoms. The lowest BCUT2D eigenvalue weighted by Crippen LogP contribution is -2.30. The Hall–Kier alpha value is -1.90. The molecule has 23 heavy (non-hydrogen) atoms. The summed E-state index contributed by atoms with van der Waals surface area (Å²) in [5, 5.41) is 10.4. The molecule has 0 unspecified atom stereocenters. The van der Waals surface area contributed by atoms with Crippen LogP contribution in [0.3, 0.4) is 0 Å². The Labute approximate surface area is 138 Å². The van der Waals surface area contributed by atoms with Gasteiger partial charge in [-0.25, -0.2) is 8.42 Å². The second-order valence-electron chi connectivity index (χ2n) is 5.00. The summed E-state index contributed by atoms with van der Waals surface area (Å²) in [7, 11) is -3.58. The molecule has 3 rings (SSSR count). The van der Waals surface area contributed by atoms with Crippen LogP contribution in [0.4, 0.5) is 5.69 Å². The van der Waals surface area contributed by atoms with Gasteiger partial charge in [-0.1, -0.05) is 18.2 Å². The van der Waals surface area contributed by atoms with Crippen molar-refractivity contribution >= 4 is 27.5 Å². The molecule has 1 atom stereocenters. The summed E-state index contributed by atoms with van der Waals surface area (Å²) in [6.45, 7) is 0.420. The van der Waals surface area contributed by atoms with E-state index in [9.17, 15) is 18.5 Å². The third-order valence-corrected chi connectivity index (χ3v) is 6.86. The average molecular weight is 350 g/mol. The molecule has 0 N–H and O–H groups in total. The van der Waals surface area contributed by atoms with Crippen molar-refractivity contribution in [2.75, 3.05) is 12.3 Å². The van der Waals surface area contributed by atoms with Crippen LogP contribution in [0, 0.1) is 10.1 Å². The summed E-state index contributed by atoms with van der Waals surface area (Å²) in [6, 6.07) is 14.3. The quantitative estimate of drug-likeness (QED) is 0.625. The van der Waals surface area contributed by atoms with Gasteiger partial charge in [0.2, 0.25) is 10.0 Å². The van der Waals surface area contributed by atoms with Gasteiger partial charge in [0.05, 0.1) is 15.2 Å². The number of sulfonamides is 1. The second-order valence-corrected chi connectivity index (χ2v) is 8.08. The molecule has 8 heteroatoms. The molecule has 1 aliphatic heterocycles. The van der Waals surface area contributed by atoms with Crippen molar-refractivity contribution in [3.05, 3.63) is 70.3 Å². The van der Waals surface area contributed by atoms with Gasteiger partial charge >= 0.3 is 0 Å². The maximum Gasteiger partial charge on any atom is 0.269 e. The molecule has 1 fully saturated rings. The van der Waals surface area contributed by atoms with Gasteiger partial charge in [-0.2, -0.15) is 4.31 Å². The predicted octanol–water partition coefficient (Wildman–Crippen LogP) is 3.03. The van der Waals surface area contributed by atoms with E-state index in [0.29, 0.717) is 12.3 Å². The lowest BCUT2D eigenvalue weighted by Gasteiger charge is -2.23. The van der Waals surface area contributed by atoms with E-state index >= 15 is 0 Å². The highest BCUT2D eigenvalue weighted by Crippen LogP contribution is 2.41. The van der Waals surface area contributed by atoms with Gasteiger partial charge in [0.25, 0.3) is 5.69 Å². The lowest BCUT2D eigenvalue weighted by atomic mass is 10.2. The molecular weight excluding hydrogens is 336 g/mol. The molecule has 0 radical (unpaired) electrons. The largest absolute Gasteiger partial charge is 0.269 e. The van der Waals surface area contributed by atoms with Gasteiger partial charge in [0.15, 0.2) is 0 Å². The van der Waals surface area contributed by atoms with Crippen LogP contribution >= 0.6 is 11.8 Å². The zero-order valence-corrected chi connectivity index (χ0v) is 13.7. The first-order chi connectivity index (χ1) is 11.0. The summed E-state index contributed by atoms with van der Waals surface area (Å²) in [5.41, 5.74) is 0.742. The summed E-state index contributed by atoms with van der Waals surface area (Å²) < 4.78 is 27.0. The van der Waals surface area contributed by atoms with Crippen LogP contribution in [-0.4, -0.2) is 29.9 Å². The minimum atomic E-state index is -3.58. The second kappa shape index (κ2) is 6.31. The minimum absolute atomic E-state index is 0.00536. The van der Waals surface area contributed by atoms with E-state index in [1.165, 1.54) is 28.2 Å². The molecule has 1 saturated heterocycles. The maximum atomic E-state index is 12.8. The van der Waals surface area contributed by atoms with Gasteiger partial charge in [-0.15, -0.1) is 11.8 Å². The first-order valence-electron chi connectivity index (χ1n) is 6.93. The standard InChI is InChI=1S/C15H14N2O4S2/c18-17(19)13-8-6-12(7-9-13)15-16(10-11-22-15)23(20,21)14-4-2-1-3-5-14/h1-9,15H,10-11H2/t15-/m1/s1. The van der Waals surface area contributed by atoms with Crippen LogP contribution in [0.25, 0.3) is 0 Å². The maximum absolute atomic E-state index is 12.8. The zero-order chi connectivity index (χ0) is 16.4. The molecule has 1 aliphatic rings. The number of thioether (sulfide) groups is 1. The van der Waals surface area contributed by atoms with E-state index in [-0.39, 0.29) is 16.0 Å². The fraction of sp³-hybridized carbons (Fsp3) is 0.200. The molecule has 2 aromatic carbocycles. The number of non-ortho nitro benzene ring substituents is 1. The van der Waals surface area contributed by atoms with Crippen molar-refractivity contribution in [3.8, 4) is 0 Å². The van der Waals surface area contributed by atoms with Gasteiger partial charge in [-0.3, -0.25) is 10.1 Å². The molecule has 2 aromatic rings. The summed E-state index contributed by atoms with van der Waals surface area (Å²) in [5.74, 6) is 0.688. The Kier molecular flexibility index (Phi) is 4.38. The molecule has 120 valence electrons. The topological polar surface area (TPSA) is 80.5 Å². The number of benzene rings is 2. The average Bonchev–Trinajstić information content (AvgIpc) is 3.06. The van der Waals surface area contributed by atoms with Crippen LogP contribution < -0.4 is 0 Å². The van der Waals surface area contributed by atoms with Gasteiger partial charge < -0.3 is 0 Å². The van der Waals surface area contributed by atoms with E-state index in [2.05, 4.69) is 0 Å². The first-order valence-corrected chi connectivity index (χ1v) is 9.42. The Morgan fingerprint density at radius 1 is 1.09 bits per heavy atom. The van der Waals surface area contributed by atoms with Crippen LogP contribution in [0.15, 0.2) is 59.5 Å². The number of nitro groups is 1. The lowest BCUT2D eigenvalue weighted by molar-refractivity contribution is -0.384. The van der Waals surface area contributed by atoms with Crippen molar-refractivity contribution < 1.29 is 13.3 Å². The van der Waals surface area contributed by atoms with E-state index in [4.69, 9.17) is 0 Å². The van der Waals surface area contributed by atoms with Gasteiger partial charge in [0, 0.05) is 24.4 Å². The van der Waals surface area contributed by atoms with Crippen molar-refractivity contribution in [1.82, 2.24) is 4.31 Å². The van der Waals surface area contributed by atoms with Crippen LogP contribution in [0.2, 0.25) is 0 Å². The third kappa shape index (κ3) is 3.10. The molecule has 0 aromatic heterocycles. The van der Waals surface area contributed by atoms with Crippen molar-refractivity contribution in [2.24, 2.45) is 0 Å². The van der Waals surface area contributed by atoms with Crippen molar-refractivity contribution in [3.63, 3.8) is 0 Å². The molecule has 6 nitrogen and oxygen atoms in total. The number of nitro benzene ring substituents is 1. The fourth-order valence-corrected chi connectivity index (χ4v) is 5.71. The van der Waals surface area contributed by atoms with Crippen molar-refractivity contribution in [2.45, 2.75) is 10.3 Å². The van der Waals surface area contributed by atoms with Gasteiger partial charge in [-0.05, 0) is 29.8 Å². The highest BCUT2D eigenvalue weighted by Gasteiger charge is 2.36. The fourth-order valence-electron chi connectivity index (χ4n) is 2.45.